The Kier molecular flexibility index (Phi) is 67.4. The summed E-state index contributed by atoms with van der Waals surface area (Å²) in [5.41, 5.74) is 0. The van der Waals surface area contributed by atoms with Gasteiger partial charge in [0.2, 0.25) is 0 Å². The van der Waals surface area contributed by atoms with Gasteiger partial charge in [0.05, 0.1) is 27.7 Å². The van der Waals surface area contributed by atoms with Gasteiger partial charge in [0.15, 0.2) is 6.10 Å². The number of rotatable bonds is 69. The van der Waals surface area contributed by atoms with Gasteiger partial charge in [-0.15, -0.1) is 0 Å². The van der Waals surface area contributed by atoms with Gasteiger partial charge in [0, 0.05) is 12.8 Å². The van der Waals surface area contributed by atoms with Gasteiger partial charge in [-0.3, -0.25) is 18.6 Å². The van der Waals surface area contributed by atoms with Crippen molar-refractivity contribution in [3.8, 4) is 0 Å². The molecule has 0 spiro atoms. The number of unbranched alkanes of at least 4 members (excludes halogenated alkanes) is 37. The summed E-state index contributed by atoms with van der Waals surface area (Å²) in [5.74, 6) is -0.795. The minimum absolute atomic E-state index is 0.0276. The molecule has 0 aromatic rings. The molecule has 0 aliphatic heterocycles. The summed E-state index contributed by atoms with van der Waals surface area (Å²) >= 11 is 0. The molecule has 0 rings (SSSR count). The van der Waals surface area contributed by atoms with Crippen molar-refractivity contribution in [2.24, 2.45) is 0 Å². The van der Waals surface area contributed by atoms with Crippen molar-refractivity contribution < 1.29 is 42.1 Å². The van der Waals surface area contributed by atoms with Gasteiger partial charge >= 0.3 is 19.8 Å². The van der Waals surface area contributed by atoms with Crippen molar-refractivity contribution in [1.29, 1.82) is 0 Å². The number of ether oxygens (including phenoxy) is 2. The van der Waals surface area contributed by atoms with Gasteiger partial charge in [-0.2, -0.15) is 0 Å². The minimum Gasteiger partial charge on any atom is -0.462 e. The Morgan fingerprint density at radius 2 is 0.633 bits per heavy atom. The Balaban J connectivity index is 4.05. The number of esters is 2. The van der Waals surface area contributed by atoms with Gasteiger partial charge < -0.3 is 18.9 Å². The summed E-state index contributed by atoms with van der Waals surface area (Å²) in [6.45, 7) is 4.35. The molecule has 0 saturated carbocycles. The molecule has 0 aliphatic carbocycles. The van der Waals surface area contributed by atoms with E-state index in [-0.39, 0.29) is 32.0 Å². The molecule has 1 N–H and O–H groups in total. The predicted molar refractivity (Wildman–Crippen MR) is 390 cm³/mol. The molecule has 10 heteroatoms. The number of hydrogen-bond donors (Lipinski definition) is 1. The van der Waals surface area contributed by atoms with E-state index in [1.54, 1.807) is 0 Å². The van der Waals surface area contributed by atoms with E-state index in [0.717, 1.165) is 103 Å². The first-order valence-corrected chi connectivity index (χ1v) is 39.1. The average molecular weight is 1280 g/mol. The van der Waals surface area contributed by atoms with Crippen molar-refractivity contribution in [3.63, 3.8) is 0 Å². The third kappa shape index (κ3) is 73.7. The molecular formula is C80H143NO8P+. The number of phosphoric acid groups is 1. The zero-order valence-electron chi connectivity index (χ0n) is 59.4. The van der Waals surface area contributed by atoms with Crippen LogP contribution in [0.1, 0.15) is 335 Å². The first kappa shape index (κ1) is 86.7. The van der Waals surface area contributed by atoms with Gasteiger partial charge in [-0.05, 0) is 83.5 Å². The van der Waals surface area contributed by atoms with Crippen LogP contribution in [0.3, 0.4) is 0 Å². The number of nitrogens with zero attached hydrogens (tertiary/aromatic N) is 1. The number of hydrogen-bond acceptors (Lipinski definition) is 7. The third-order valence-electron chi connectivity index (χ3n) is 16.3. The summed E-state index contributed by atoms with van der Waals surface area (Å²) < 4.78 is 34.8. The molecule has 0 aromatic carbocycles. The monoisotopic (exact) mass is 1280 g/mol. The molecule has 0 bridgehead atoms. The Hall–Kier alpha value is -3.33. The van der Waals surface area contributed by atoms with Crippen LogP contribution >= 0.6 is 7.82 Å². The molecule has 0 amide bonds. The molecule has 0 saturated heterocycles. The number of allylic oxidation sites excluding steroid dienone is 18. The fourth-order valence-electron chi connectivity index (χ4n) is 10.6. The van der Waals surface area contributed by atoms with Crippen LogP contribution in [0.25, 0.3) is 0 Å². The maximum atomic E-state index is 12.9. The Morgan fingerprint density at radius 1 is 0.356 bits per heavy atom. The summed E-state index contributed by atoms with van der Waals surface area (Å²) in [7, 11) is 1.47. The van der Waals surface area contributed by atoms with E-state index >= 15 is 0 Å². The Bertz CT molecular complexity index is 1890. The minimum atomic E-state index is -4.40. The Labute approximate surface area is 556 Å². The third-order valence-corrected chi connectivity index (χ3v) is 17.3. The lowest BCUT2D eigenvalue weighted by Gasteiger charge is -2.24. The van der Waals surface area contributed by atoms with Crippen LogP contribution in [-0.4, -0.2) is 74.9 Å². The fraction of sp³-hybridized carbons (Fsp3) is 0.750. The first-order valence-electron chi connectivity index (χ1n) is 37.6. The lowest BCUT2D eigenvalue weighted by atomic mass is 10.0. The highest BCUT2D eigenvalue weighted by Crippen LogP contribution is 2.43. The Morgan fingerprint density at radius 3 is 0.944 bits per heavy atom. The summed E-state index contributed by atoms with van der Waals surface area (Å²) in [5, 5.41) is 0. The van der Waals surface area contributed by atoms with Gasteiger partial charge in [0.1, 0.15) is 19.8 Å². The van der Waals surface area contributed by atoms with Crippen LogP contribution in [0.4, 0.5) is 0 Å². The van der Waals surface area contributed by atoms with Crippen LogP contribution in [-0.2, 0) is 32.7 Å². The molecule has 0 aliphatic rings. The van der Waals surface area contributed by atoms with Gasteiger partial charge in [-0.25, -0.2) is 4.57 Å². The summed E-state index contributed by atoms with van der Waals surface area (Å²) in [6, 6.07) is 0. The van der Waals surface area contributed by atoms with E-state index in [1.807, 2.05) is 21.1 Å². The SMILES string of the molecule is CC/C=C\C/C=C\C/C=C\C/C=C\C/C=C\C/C=C\C/C=C\C/C=C\C/C=C\CCCCCCCCCCCC(=O)OC(COC(=O)CCCCCCCCCCCCCCCCCCCCCCCCCCCCCCC)COP(=O)(O)OCC[N+](C)(C)C. The number of quaternary nitrogens is 1. The molecule has 2 atom stereocenters. The summed E-state index contributed by atoms with van der Waals surface area (Å²) in [6.07, 6.45) is 99.2. The number of phosphoric ester groups is 1. The lowest BCUT2D eigenvalue weighted by molar-refractivity contribution is -0.870. The quantitative estimate of drug-likeness (QED) is 0.0211. The number of carbonyl (C=O) groups excluding carboxylic acids is 2. The smallest absolute Gasteiger partial charge is 0.462 e. The maximum absolute atomic E-state index is 12.9. The van der Waals surface area contributed by atoms with E-state index < -0.39 is 26.5 Å². The molecule has 90 heavy (non-hydrogen) atoms. The standard InChI is InChI=1S/C80H142NO8P/c1-6-8-10-12-14-16-18-20-22-24-26-28-30-32-34-36-37-38-39-40-41-42-43-45-47-49-51-53-55-57-59-61-63-65-67-69-71-73-80(83)89-78(77-88-90(84,85)87-75-74-81(3,4)5)76-86-79(82)72-70-68-66-64-62-60-58-56-54-52-50-48-46-44-35-33-31-29-27-25-23-21-19-17-15-13-11-9-7-2/h8,10,14,16,20,22,26,28,32,34,37-38,40-41,43,45,49,51,78H,6-7,9,11-13,15,17-19,21,23-25,27,29-31,33,35-36,39,42,44,46-48,50,52-77H2,1-5H3/p+1/b10-8-,16-14-,22-20-,28-26-,34-32-,38-37-,41-40-,45-43-,51-49-. The highest BCUT2D eigenvalue weighted by molar-refractivity contribution is 7.47. The zero-order chi connectivity index (χ0) is 65.5. The molecule has 0 aromatic heterocycles. The molecular weight excluding hydrogens is 1130 g/mol. The highest BCUT2D eigenvalue weighted by Gasteiger charge is 2.27. The predicted octanol–water partition coefficient (Wildman–Crippen LogP) is 24.8. The fourth-order valence-corrected chi connectivity index (χ4v) is 11.3. The molecule has 0 heterocycles. The van der Waals surface area contributed by atoms with Crippen molar-refractivity contribution in [1.82, 2.24) is 0 Å². The van der Waals surface area contributed by atoms with Crippen molar-refractivity contribution in [2.45, 2.75) is 341 Å². The van der Waals surface area contributed by atoms with E-state index in [2.05, 4.69) is 123 Å². The van der Waals surface area contributed by atoms with Gasteiger partial charge in [-0.1, -0.05) is 348 Å². The van der Waals surface area contributed by atoms with Crippen LogP contribution < -0.4 is 0 Å². The van der Waals surface area contributed by atoms with Gasteiger partial charge in [0.25, 0.3) is 0 Å². The average Bonchev–Trinajstić information content (AvgIpc) is 3.58. The topological polar surface area (TPSA) is 108 Å². The second-order valence-corrected chi connectivity index (χ2v) is 27.8. The van der Waals surface area contributed by atoms with Crippen molar-refractivity contribution >= 4 is 19.8 Å². The van der Waals surface area contributed by atoms with Crippen molar-refractivity contribution in [2.75, 3.05) is 47.5 Å². The molecule has 9 nitrogen and oxygen atoms in total. The first-order chi connectivity index (χ1) is 44.0. The van der Waals surface area contributed by atoms with Crippen LogP contribution in [0, 0.1) is 0 Å². The number of carbonyl (C=O) groups is 2. The van der Waals surface area contributed by atoms with E-state index in [9.17, 15) is 19.0 Å². The van der Waals surface area contributed by atoms with Crippen LogP contribution in [0.5, 0.6) is 0 Å². The second kappa shape index (κ2) is 70.0. The molecule has 0 fully saturated rings. The normalized spacial score (nSPS) is 13.7. The van der Waals surface area contributed by atoms with Crippen LogP contribution in [0.15, 0.2) is 109 Å². The lowest BCUT2D eigenvalue weighted by Crippen LogP contribution is -2.37. The summed E-state index contributed by atoms with van der Waals surface area (Å²) in [4.78, 5) is 35.9. The van der Waals surface area contributed by atoms with E-state index in [1.165, 1.54) is 199 Å². The highest BCUT2D eigenvalue weighted by atomic mass is 31.2. The molecule has 2 unspecified atom stereocenters. The largest absolute Gasteiger partial charge is 0.472 e. The molecule has 0 radical (unpaired) electrons. The molecule has 520 valence electrons. The van der Waals surface area contributed by atoms with Crippen molar-refractivity contribution in [3.05, 3.63) is 109 Å². The number of likely N-dealkylation sites (N-methyl/N-ethyl adjacent to an activating group) is 1. The van der Waals surface area contributed by atoms with E-state index in [4.69, 9.17) is 18.5 Å². The van der Waals surface area contributed by atoms with E-state index in [0.29, 0.717) is 17.4 Å². The second-order valence-electron chi connectivity index (χ2n) is 26.3. The van der Waals surface area contributed by atoms with Crippen LogP contribution in [0.2, 0.25) is 0 Å². The maximum Gasteiger partial charge on any atom is 0.472 e. The zero-order valence-corrected chi connectivity index (χ0v) is 60.2.